The SMILES string of the molecule is CC(CCOc1ccccc1)C(=O)N1C[C@@H]2CCC[C@@]2(C(=O)O)C1. The first kappa shape index (κ1) is 16.8. The van der Waals surface area contributed by atoms with Gasteiger partial charge in [-0.1, -0.05) is 31.5 Å². The number of carbonyl (C=O) groups excluding carboxylic acids is 1. The number of carbonyl (C=O) groups is 2. The standard InChI is InChI=1S/C19H25NO4/c1-14(9-11-24-16-7-3-2-4-8-16)17(21)20-12-15-6-5-10-19(15,13-20)18(22)23/h2-4,7-8,14-15H,5-6,9-13H2,1H3,(H,22,23)/t14?,15-,19+/m0/s1. The van der Waals surface area contributed by atoms with Crippen molar-refractivity contribution in [2.24, 2.45) is 17.3 Å². The molecule has 3 rings (SSSR count). The third-order valence-corrected chi connectivity index (χ3v) is 5.59. The van der Waals surface area contributed by atoms with Gasteiger partial charge in [0.25, 0.3) is 0 Å². The van der Waals surface area contributed by atoms with E-state index in [9.17, 15) is 14.7 Å². The van der Waals surface area contributed by atoms with Crippen molar-refractivity contribution in [3.05, 3.63) is 30.3 Å². The van der Waals surface area contributed by atoms with Gasteiger partial charge in [0.15, 0.2) is 0 Å². The molecule has 1 unspecified atom stereocenters. The molecule has 1 aliphatic carbocycles. The summed E-state index contributed by atoms with van der Waals surface area (Å²) < 4.78 is 5.66. The topological polar surface area (TPSA) is 66.8 Å². The lowest BCUT2D eigenvalue weighted by atomic mass is 9.81. The van der Waals surface area contributed by atoms with Crippen LogP contribution >= 0.6 is 0 Å². The molecular formula is C19H25NO4. The Labute approximate surface area is 142 Å². The van der Waals surface area contributed by atoms with E-state index in [1.54, 1.807) is 4.90 Å². The molecule has 1 aromatic rings. The highest BCUT2D eigenvalue weighted by atomic mass is 16.5. The number of amides is 1. The van der Waals surface area contributed by atoms with Crippen LogP contribution in [0.25, 0.3) is 0 Å². The summed E-state index contributed by atoms with van der Waals surface area (Å²) in [6.45, 7) is 3.35. The van der Waals surface area contributed by atoms with Crippen molar-refractivity contribution < 1.29 is 19.4 Å². The summed E-state index contributed by atoms with van der Waals surface area (Å²) in [5, 5.41) is 9.62. The fourth-order valence-corrected chi connectivity index (χ4v) is 4.11. The Bertz CT molecular complexity index is 603. The van der Waals surface area contributed by atoms with Crippen LogP contribution in [0.2, 0.25) is 0 Å². The molecule has 2 fully saturated rings. The average molecular weight is 331 g/mol. The largest absolute Gasteiger partial charge is 0.494 e. The molecule has 1 saturated heterocycles. The van der Waals surface area contributed by atoms with Gasteiger partial charge in [-0.05, 0) is 37.3 Å². The zero-order valence-corrected chi connectivity index (χ0v) is 14.1. The van der Waals surface area contributed by atoms with Gasteiger partial charge in [0, 0.05) is 19.0 Å². The van der Waals surface area contributed by atoms with Gasteiger partial charge in [0.05, 0.1) is 12.0 Å². The summed E-state index contributed by atoms with van der Waals surface area (Å²) in [6, 6.07) is 9.55. The normalized spacial score (nSPS) is 26.9. The molecule has 1 saturated carbocycles. The molecule has 5 heteroatoms. The summed E-state index contributed by atoms with van der Waals surface area (Å²) in [5.74, 6) is 0.0878. The van der Waals surface area contributed by atoms with Crippen LogP contribution in [0.3, 0.4) is 0 Å². The Balaban J connectivity index is 1.52. The van der Waals surface area contributed by atoms with E-state index in [1.807, 2.05) is 37.3 Å². The zero-order chi connectivity index (χ0) is 17.2. The lowest BCUT2D eigenvalue weighted by molar-refractivity contribution is -0.149. The maximum Gasteiger partial charge on any atom is 0.311 e. The first-order chi connectivity index (χ1) is 11.5. The van der Waals surface area contributed by atoms with Crippen molar-refractivity contribution in [2.45, 2.75) is 32.6 Å². The predicted octanol–water partition coefficient (Wildman–Crippen LogP) is 2.80. The monoisotopic (exact) mass is 331 g/mol. The second-order valence-electron chi connectivity index (χ2n) is 7.12. The maximum absolute atomic E-state index is 12.7. The number of para-hydroxylation sites is 1. The first-order valence-corrected chi connectivity index (χ1v) is 8.73. The fraction of sp³-hybridized carbons (Fsp3) is 0.579. The number of rotatable bonds is 6. The van der Waals surface area contributed by atoms with Crippen LogP contribution in [0, 0.1) is 17.3 Å². The molecule has 0 spiro atoms. The number of nitrogens with zero attached hydrogens (tertiary/aromatic N) is 1. The Morgan fingerprint density at radius 3 is 2.79 bits per heavy atom. The highest BCUT2D eigenvalue weighted by Crippen LogP contribution is 2.49. The van der Waals surface area contributed by atoms with E-state index in [2.05, 4.69) is 0 Å². The minimum Gasteiger partial charge on any atom is -0.494 e. The minimum absolute atomic E-state index is 0.0571. The average Bonchev–Trinajstić information content (AvgIpc) is 3.13. The number of hydrogen-bond acceptors (Lipinski definition) is 3. The van der Waals surface area contributed by atoms with E-state index in [4.69, 9.17) is 4.74 Å². The van der Waals surface area contributed by atoms with Crippen LogP contribution in [0.15, 0.2) is 30.3 Å². The molecule has 3 atom stereocenters. The van der Waals surface area contributed by atoms with Gasteiger partial charge in [-0.15, -0.1) is 0 Å². The summed E-state index contributed by atoms with van der Waals surface area (Å²) >= 11 is 0. The third kappa shape index (κ3) is 3.12. The molecule has 24 heavy (non-hydrogen) atoms. The van der Waals surface area contributed by atoms with E-state index in [-0.39, 0.29) is 17.7 Å². The second kappa shape index (κ2) is 6.83. The fourth-order valence-electron chi connectivity index (χ4n) is 4.11. The molecule has 1 aromatic carbocycles. The van der Waals surface area contributed by atoms with Crippen molar-refractivity contribution in [2.75, 3.05) is 19.7 Å². The van der Waals surface area contributed by atoms with Crippen molar-refractivity contribution in [3.8, 4) is 5.75 Å². The summed E-state index contributed by atoms with van der Waals surface area (Å²) in [5.41, 5.74) is -0.698. The Hall–Kier alpha value is -2.04. The lowest BCUT2D eigenvalue weighted by Gasteiger charge is -2.25. The highest BCUT2D eigenvalue weighted by molar-refractivity contribution is 5.82. The number of hydrogen-bond donors (Lipinski definition) is 1. The van der Waals surface area contributed by atoms with E-state index in [1.165, 1.54) is 0 Å². The van der Waals surface area contributed by atoms with Gasteiger partial charge < -0.3 is 14.7 Å². The van der Waals surface area contributed by atoms with E-state index in [0.717, 1.165) is 18.6 Å². The van der Waals surface area contributed by atoms with Crippen molar-refractivity contribution >= 4 is 11.9 Å². The molecule has 1 N–H and O–H groups in total. The number of carboxylic acid groups (broad SMARTS) is 1. The van der Waals surface area contributed by atoms with Gasteiger partial charge in [0.1, 0.15) is 5.75 Å². The van der Waals surface area contributed by atoms with Crippen molar-refractivity contribution in [3.63, 3.8) is 0 Å². The third-order valence-electron chi connectivity index (χ3n) is 5.59. The highest BCUT2D eigenvalue weighted by Gasteiger charge is 2.55. The number of likely N-dealkylation sites (tertiary alicyclic amines) is 1. The van der Waals surface area contributed by atoms with Gasteiger partial charge in [0.2, 0.25) is 5.91 Å². The maximum atomic E-state index is 12.7. The van der Waals surface area contributed by atoms with Crippen LogP contribution < -0.4 is 4.74 Å². The minimum atomic E-state index is -0.736. The molecule has 2 aliphatic rings. The van der Waals surface area contributed by atoms with Gasteiger partial charge in [-0.2, -0.15) is 0 Å². The zero-order valence-electron chi connectivity index (χ0n) is 14.1. The van der Waals surface area contributed by atoms with Gasteiger partial charge in [-0.3, -0.25) is 9.59 Å². The summed E-state index contributed by atoms with van der Waals surface area (Å²) in [6.07, 6.45) is 3.21. The molecular weight excluding hydrogens is 306 g/mol. The van der Waals surface area contributed by atoms with Crippen LogP contribution in [0.5, 0.6) is 5.75 Å². The molecule has 0 radical (unpaired) electrons. The van der Waals surface area contributed by atoms with Crippen molar-refractivity contribution in [1.82, 2.24) is 4.90 Å². The Morgan fingerprint density at radius 1 is 1.38 bits per heavy atom. The molecule has 0 aromatic heterocycles. The van der Waals surface area contributed by atoms with E-state index < -0.39 is 11.4 Å². The first-order valence-electron chi connectivity index (χ1n) is 8.73. The van der Waals surface area contributed by atoms with Crippen LogP contribution in [-0.4, -0.2) is 41.6 Å². The molecule has 130 valence electrons. The van der Waals surface area contributed by atoms with Gasteiger partial charge in [-0.25, -0.2) is 0 Å². The number of fused-ring (bicyclic) bond motifs is 1. The predicted molar refractivity (Wildman–Crippen MR) is 89.7 cm³/mol. The Kier molecular flexibility index (Phi) is 4.78. The van der Waals surface area contributed by atoms with Crippen LogP contribution in [-0.2, 0) is 9.59 Å². The number of benzene rings is 1. The van der Waals surface area contributed by atoms with Crippen LogP contribution in [0.1, 0.15) is 32.6 Å². The molecule has 1 heterocycles. The molecule has 5 nitrogen and oxygen atoms in total. The lowest BCUT2D eigenvalue weighted by Crippen LogP contribution is -2.39. The summed E-state index contributed by atoms with van der Waals surface area (Å²) in [4.78, 5) is 26.1. The quantitative estimate of drug-likeness (QED) is 0.870. The second-order valence-corrected chi connectivity index (χ2v) is 7.12. The molecule has 0 bridgehead atoms. The summed E-state index contributed by atoms with van der Waals surface area (Å²) in [7, 11) is 0. The van der Waals surface area contributed by atoms with Crippen molar-refractivity contribution in [1.29, 1.82) is 0 Å². The number of ether oxygens (including phenoxy) is 1. The Morgan fingerprint density at radius 2 is 2.12 bits per heavy atom. The van der Waals surface area contributed by atoms with E-state index >= 15 is 0 Å². The smallest absolute Gasteiger partial charge is 0.311 e. The van der Waals surface area contributed by atoms with Gasteiger partial charge >= 0.3 is 5.97 Å². The van der Waals surface area contributed by atoms with Crippen LogP contribution in [0.4, 0.5) is 0 Å². The molecule has 1 aliphatic heterocycles. The van der Waals surface area contributed by atoms with E-state index in [0.29, 0.717) is 32.5 Å². The molecule has 1 amide bonds. The number of aliphatic carboxylic acids is 1. The number of carboxylic acids is 1.